The number of benzene rings is 2. The van der Waals surface area contributed by atoms with Gasteiger partial charge in [0.15, 0.2) is 11.4 Å². The van der Waals surface area contributed by atoms with Crippen molar-refractivity contribution < 1.29 is 7.69 Å². The van der Waals surface area contributed by atoms with Crippen LogP contribution < -0.4 is 0 Å². The van der Waals surface area contributed by atoms with Crippen LogP contribution in [0.25, 0.3) is 11.3 Å². The largest absolute Gasteiger partial charge is 0.390 e. The molecule has 0 fully saturated rings. The second kappa shape index (κ2) is 25.0. The van der Waals surface area contributed by atoms with E-state index < -0.39 is 0 Å². The molecule has 0 unspecified atom stereocenters. The van der Waals surface area contributed by atoms with E-state index in [0.29, 0.717) is 23.7 Å². The van der Waals surface area contributed by atoms with Crippen molar-refractivity contribution in [2.45, 2.75) is 20.5 Å². The van der Waals surface area contributed by atoms with Gasteiger partial charge in [-0.05, 0) is 125 Å². The molecule has 0 bridgehead atoms. The molecule has 1 heterocycles. The highest BCUT2D eigenvalue weighted by molar-refractivity contribution is 6.22. The van der Waals surface area contributed by atoms with Crippen LogP contribution in [0.3, 0.4) is 0 Å². The summed E-state index contributed by atoms with van der Waals surface area (Å²) in [7, 11) is 0. The smallest absolute Gasteiger partial charge is 0.177 e. The Morgan fingerprint density at radius 3 is 1.50 bits per heavy atom. The van der Waals surface area contributed by atoms with Crippen molar-refractivity contribution in [1.82, 2.24) is 9.97 Å². The van der Waals surface area contributed by atoms with Gasteiger partial charge < -0.3 is 4.84 Å². The molecule has 0 saturated heterocycles. The number of rotatable bonds is 5. The topological polar surface area (TPSA) is 185 Å². The summed E-state index contributed by atoms with van der Waals surface area (Å²) in [6.07, 6.45) is 0. The van der Waals surface area contributed by atoms with Crippen LogP contribution in [-0.4, -0.2) is 15.7 Å². The molecule has 0 aliphatic heterocycles. The molecule has 3 aromatic rings. The average molecular weight is 675 g/mol. The third kappa shape index (κ3) is 14.1. The molecule has 0 atom stereocenters. The highest BCUT2D eigenvalue weighted by atomic mass is 16.6. The zero-order chi connectivity index (χ0) is 37.5. The van der Waals surface area contributed by atoms with Crippen LogP contribution in [0, 0.1) is 140 Å². The Bertz CT molecular complexity index is 2480. The van der Waals surface area contributed by atoms with Gasteiger partial charge in [0, 0.05) is 19.2 Å². The van der Waals surface area contributed by atoms with Gasteiger partial charge in [0.1, 0.15) is 41.1 Å². The Morgan fingerprint density at radius 2 is 1.08 bits per heavy atom. The van der Waals surface area contributed by atoms with Crippen LogP contribution in [0.5, 0.6) is 0 Å². The molecule has 52 heavy (non-hydrogen) atoms. The maximum atomic E-state index is 9.23. The fourth-order valence-electron chi connectivity index (χ4n) is 3.40. The highest BCUT2D eigenvalue weighted by Gasteiger charge is 2.30. The molecule has 0 spiro atoms. The van der Waals surface area contributed by atoms with Crippen molar-refractivity contribution in [1.29, 1.82) is 16.1 Å². The van der Waals surface area contributed by atoms with Gasteiger partial charge in [0.05, 0.1) is 0 Å². The number of nitroso groups, excluding NO2 is 1. The van der Waals surface area contributed by atoms with E-state index in [4.69, 9.17) is 15.3 Å². The predicted octanol–water partition coefficient (Wildman–Crippen LogP) is 5.78. The third-order valence-corrected chi connectivity index (χ3v) is 5.31. The Balaban J connectivity index is 0.000000900. The zero-order valence-corrected chi connectivity index (χ0v) is 27.2. The number of hydrogen-bond donors (Lipinski definition) is 1. The first-order chi connectivity index (χ1) is 25.6. The molecule has 244 valence electrons. The van der Waals surface area contributed by atoms with Crippen molar-refractivity contribution in [3.05, 3.63) is 87.7 Å². The molecular formula is C40H22N10O2. The van der Waals surface area contributed by atoms with E-state index in [1.165, 1.54) is 0 Å². The van der Waals surface area contributed by atoms with Gasteiger partial charge >= 0.3 is 0 Å². The Labute approximate surface area is 303 Å². The van der Waals surface area contributed by atoms with Crippen LogP contribution in [0.2, 0.25) is 0 Å². The summed E-state index contributed by atoms with van der Waals surface area (Å²) in [5.41, 5.74) is 9.99. The Hall–Kier alpha value is -9.19. The molecule has 1 aliphatic rings. The molecule has 12 heteroatoms. The lowest BCUT2D eigenvalue weighted by atomic mass is 10.1. The zero-order valence-electron chi connectivity index (χ0n) is 27.2. The quantitative estimate of drug-likeness (QED) is 0.121. The second-order valence-electron chi connectivity index (χ2n) is 8.45. The van der Waals surface area contributed by atoms with Crippen LogP contribution in [0.1, 0.15) is 44.9 Å². The molecule has 1 aliphatic carbocycles. The summed E-state index contributed by atoms with van der Waals surface area (Å²) in [6, 6.07) is 21.1. The van der Waals surface area contributed by atoms with Crippen molar-refractivity contribution in [3.63, 3.8) is 0 Å². The molecule has 12 nitrogen and oxygen atoms in total. The van der Waals surface area contributed by atoms with Crippen LogP contribution >= 0.6 is 0 Å². The lowest BCUT2D eigenvalue weighted by molar-refractivity contribution is 0.131. The van der Waals surface area contributed by atoms with E-state index in [2.05, 4.69) is 137 Å². The fourth-order valence-corrected chi connectivity index (χ4v) is 3.40. The monoisotopic (exact) mass is 674 g/mol. The fraction of sp³-hybridized carbons (Fsp3) is 0.0750. The van der Waals surface area contributed by atoms with Gasteiger partial charge in [-0.25, -0.2) is 9.97 Å². The minimum absolute atomic E-state index is 0. The summed E-state index contributed by atoms with van der Waals surface area (Å²) >= 11 is 0. The summed E-state index contributed by atoms with van der Waals surface area (Å²) in [4.78, 5) is 23.1. The van der Waals surface area contributed by atoms with Crippen LogP contribution in [-0.2, 0) is 11.4 Å². The molecule has 1 aromatic heterocycles. The summed E-state index contributed by atoms with van der Waals surface area (Å²) in [6.45, 7) is 3.72. The first-order valence-corrected chi connectivity index (χ1v) is 14.1. The van der Waals surface area contributed by atoms with Gasteiger partial charge in [0.2, 0.25) is 0 Å². The van der Waals surface area contributed by atoms with E-state index in [9.17, 15) is 10.5 Å². The van der Waals surface area contributed by atoms with E-state index in [0.717, 1.165) is 16.7 Å². The van der Waals surface area contributed by atoms with E-state index in [1.54, 1.807) is 13.8 Å². The minimum Gasteiger partial charge on any atom is -0.390 e. The average Bonchev–Trinajstić information content (AvgIpc) is 3.49. The molecule has 2 aromatic carbocycles. The van der Waals surface area contributed by atoms with Gasteiger partial charge in [-0.3, -0.25) is 0 Å². The molecule has 4 rings (SSSR count). The van der Waals surface area contributed by atoms with Crippen LogP contribution in [0.15, 0.2) is 80.7 Å². The van der Waals surface area contributed by atoms with E-state index in [-0.39, 0.29) is 14.2 Å². The number of nitrogens with one attached hydrogen (secondary N) is 1. The van der Waals surface area contributed by atoms with Gasteiger partial charge in [-0.2, -0.15) is 16.1 Å². The number of aromatic nitrogens is 2. The standard InChI is InChI=1S/C20H11N5O.C20H6.HN5O.2H2/c21-10-16-17(11-22)24-20-18(23-16)14-8-4-5-9-15(14)19(20)25-26-12-13-6-2-1-3-7-13;1-3-5-7-9-11-13-15-17-19-20-18-16-14-12-10-8-6-4-2;1-2-3-4-5-6;;/h1-9H,12H2;1-2H3;1H;2*1H/b25-19+;;2-1?,4-3+;;. The highest BCUT2D eigenvalue weighted by Crippen LogP contribution is 2.35. The normalized spacial score (nSPS) is 8.88. The number of fused-ring (bicyclic) bond motifs is 3. The van der Waals surface area contributed by atoms with Gasteiger partial charge in [-0.15, -0.1) is 4.91 Å². The minimum atomic E-state index is -0.0187. The number of nitriles is 2. The lowest BCUT2D eigenvalue weighted by Gasteiger charge is -2.03. The van der Waals surface area contributed by atoms with E-state index >= 15 is 0 Å². The Morgan fingerprint density at radius 1 is 0.635 bits per heavy atom. The Kier molecular flexibility index (Phi) is 18.7. The number of nitrogens with zero attached hydrogens (tertiary/aromatic N) is 9. The maximum absolute atomic E-state index is 9.23. The molecule has 0 radical (unpaired) electrons. The third-order valence-electron chi connectivity index (χ3n) is 5.31. The SMILES string of the molecule is CC#CC#CC#CC#CC#CC#CC#CC#CC#CC.N#Cc1nc2c(nc1C#N)-c1ccccc1/C2=N\OCc1ccccc1.N=N/N=N/N=O.[HH].[HH]. The molecule has 1 N–H and O–H groups in total. The number of oxime groups is 1. The van der Waals surface area contributed by atoms with Crippen molar-refractivity contribution in [2.75, 3.05) is 0 Å². The van der Waals surface area contributed by atoms with Crippen molar-refractivity contribution >= 4 is 5.71 Å². The van der Waals surface area contributed by atoms with Crippen molar-refractivity contribution in [3.8, 4) is 130 Å². The molecular weight excluding hydrogens is 653 g/mol. The maximum Gasteiger partial charge on any atom is 0.177 e. The van der Waals surface area contributed by atoms with Gasteiger partial charge in [-0.1, -0.05) is 71.6 Å². The second-order valence-corrected chi connectivity index (χ2v) is 8.45. The first kappa shape index (κ1) is 39.0. The first-order valence-electron chi connectivity index (χ1n) is 14.1. The van der Waals surface area contributed by atoms with Gasteiger partial charge in [0.25, 0.3) is 0 Å². The van der Waals surface area contributed by atoms with Crippen molar-refractivity contribution in [2.24, 2.45) is 26.1 Å². The van der Waals surface area contributed by atoms with Crippen LogP contribution in [0.4, 0.5) is 0 Å². The lowest BCUT2D eigenvalue weighted by Crippen LogP contribution is -2.06. The van der Waals surface area contributed by atoms with E-state index in [1.807, 2.05) is 72.0 Å². The predicted molar refractivity (Wildman–Crippen MR) is 195 cm³/mol. The summed E-state index contributed by atoms with van der Waals surface area (Å²) < 4.78 is 0. The number of hydrogen-bond acceptors (Lipinski definition) is 8. The molecule has 0 amide bonds. The molecule has 0 saturated carbocycles. The summed E-state index contributed by atoms with van der Waals surface area (Å²) in [5.74, 6) is 45.6. The summed E-state index contributed by atoms with van der Waals surface area (Å²) in [5, 5.41) is 31.9.